The summed E-state index contributed by atoms with van der Waals surface area (Å²) in [7, 11) is 1.94. The molecule has 2 heterocycles. The highest BCUT2D eigenvalue weighted by atomic mass is 16.2. The molecule has 1 aromatic heterocycles. The van der Waals surface area contributed by atoms with Crippen LogP contribution in [0.15, 0.2) is 36.5 Å². The number of aromatic nitrogens is 1. The van der Waals surface area contributed by atoms with Gasteiger partial charge in [-0.1, -0.05) is 18.2 Å². The van der Waals surface area contributed by atoms with Crippen LogP contribution in [0.2, 0.25) is 0 Å². The Balaban J connectivity index is 1.94. The lowest BCUT2D eigenvalue weighted by molar-refractivity contribution is 0.0791. The molecule has 0 radical (unpaired) electrons. The maximum Gasteiger partial charge on any atom is 0.256 e. The van der Waals surface area contributed by atoms with Gasteiger partial charge in [-0.25, -0.2) is 0 Å². The quantitative estimate of drug-likeness (QED) is 0.888. The smallest absolute Gasteiger partial charge is 0.256 e. The Bertz CT molecular complexity index is 606. The zero-order chi connectivity index (χ0) is 13.2. The summed E-state index contributed by atoms with van der Waals surface area (Å²) in [5.41, 5.74) is 1.50. The Labute approximate surface area is 112 Å². The largest absolute Gasteiger partial charge is 0.337 e. The van der Waals surface area contributed by atoms with Gasteiger partial charge in [-0.2, -0.15) is 0 Å². The molecule has 1 fully saturated rings. The lowest BCUT2D eigenvalue weighted by Gasteiger charge is -2.17. The van der Waals surface area contributed by atoms with Gasteiger partial charge in [0.15, 0.2) is 0 Å². The molecule has 0 bridgehead atoms. The number of carbonyl (C=O) groups excluding carboxylic acids is 1. The molecule has 4 heteroatoms. The van der Waals surface area contributed by atoms with Crippen molar-refractivity contribution in [2.45, 2.75) is 12.5 Å². The van der Waals surface area contributed by atoms with Gasteiger partial charge in [0.25, 0.3) is 5.91 Å². The molecule has 1 N–H and O–H groups in total. The molecule has 19 heavy (non-hydrogen) atoms. The topological polar surface area (TPSA) is 45.2 Å². The Morgan fingerprint density at radius 2 is 2.21 bits per heavy atom. The number of rotatable bonds is 2. The zero-order valence-corrected chi connectivity index (χ0v) is 11.0. The van der Waals surface area contributed by atoms with Crippen molar-refractivity contribution in [3.05, 3.63) is 42.1 Å². The second kappa shape index (κ2) is 4.97. The summed E-state index contributed by atoms with van der Waals surface area (Å²) in [6, 6.07) is 10.1. The molecule has 2 aromatic rings. The molecule has 98 valence electrons. The zero-order valence-electron chi connectivity index (χ0n) is 11.0. The fourth-order valence-electron chi connectivity index (χ4n) is 2.63. The Hall–Kier alpha value is -1.94. The summed E-state index contributed by atoms with van der Waals surface area (Å²) < 4.78 is 0. The van der Waals surface area contributed by atoms with E-state index in [1.165, 1.54) is 0 Å². The molecule has 0 spiro atoms. The normalized spacial score (nSPS) is 19.0. The minimum Gasteiger partial charge on any atom is -0.337 e. The average Bonchev–Trinajstić information content (AvgIpc) is 2.95. The molecule has 1 amide bonds. The Morgan fingerprint density at radius 3 is 3.00 bits per heavy atom. The maximum atomic E-state index is 12.6. The van der Waals surface area contributed by atoms with Crippen LogP contribution in [0.4, 0.5) is 0 Å². The van der Waals surface area contributed by atoms with E-state index in [1.807, 2.05) is 42.3 Å². The number of pyridine rings is 1. The van der Waals surface area contributed by atoms with Gasteiger partial charge in [-0.05, 0) is 25.6 Å². The lowest BCUT2D eigenvalue weighted by atomic mass is 10.1. The van der Waals surface area contributed by atoms with Gasteiger partial charge in [-0.15, -0.1) is 0 Å². The highest BCUT2D eigenvalue weighted by Gasteiger charge is 2.26. The summed E-state index contributed by atoms with van der Waals surface area (Å²) in [6.07, 6.45) is 2.75. The molecule has 0 saturated carbocycles. The van der Waals surface area contributed by atoms with Crippen LogP contribution < -0.4 is 5.32 Å². The van der Waals surface area contributed by atoms with Crippen LogP contribution in [0.5, 0.6) is 0 Å². The first-order valence-electron chi connectivity index (χ1n) is 6.60. The van der Waals surface area contributed by atoms with Crippen LogP contribution in [-0.2, 0) is 0 Å². The number of likely N-dealkylation sites (tertiary alicyclic amines) is 1. The van der Waals surface area contributed by atoms with Gasteiger partial charge in [0.1, 0.15) is 0 Å². The second-order valence-electron chi connectivity index (χ2n) is 4.91. The summed E-state index contributed by atoms with van der Waals surface area (Å²) in [5, 5.41) is 4.24. The number of fused-ring (bicyclic) bond motifs is 1. The maximum absolute atomic E-state index is 12.6. The number of hydrogen-bond acceptors (Lipinski definition) is 3. The first-order valence-corrected chi connectivity index (χ1v) is 6.60. The molecule has 1 atom stereocenters. The van der Waals surface area contributed by atoms with E-state index in [1.54, 1.807) is 6.20 Å². The van der Waals surface area contributed by atoms with Crippen LogP contribution in [0.3, 0.4) is 0 Å². The molecular formula is C15H17N3O. The number of amides is 1. The van der Waals surface area contributed by atoms with E-state index in [-0.39, 0.29) is 5.91 Å². The number of likely N-dealkylation sites (N-methyl/N-ethyl adjacent to an activating group) is 1. The van der Waals surface area contributed by atoms with Crippen LogP contribution in [0.25, 0.3) is 10.9 Å². The van der Waals surface area contributed by atoms with Gasteiger partial charge < -0.3 is 10.2 Å². The van der Waals surface area contributed by atoms with Crippen LogP contribution in [-0.4, -0.2) is 42.0 Å². The summed E-state index contributed by atoms with van der Waals surface area (Å²) in [4.78, 5) is 18.8. The standard InChI is InChI=1S/C15H17N3O/c1-16-12-7-9-18(10-12)15(19)13-6-2-4-11-5-3-8-17-14(11)13/h2-6,8,12,16H,7,9-10H2,1H3. The Kier molecular flexibility index (Phi) is 3.17. The third-order valence-electron chi connectivity index (χ3n) is 3.75. The van der Waals surface area contributed by atoms with Crippen molar-refractivity contribution in [3.8, 4) is 0 Å². The first-order chi connectivity index (χ1) is 9.29. The van der Waals surface area contributed by atoms with Gasteiger partial charge in [0, 0.05) is 30.7 Å². The predicted molar refractivity (Wildman–Crippen MR) is 75.1 cm³/mol. The molecule has 1 aliphatic rings. The number of carbonyl (C=O) groups is 1. The molecule has 1 saturated heterocycles. The van der Waals surface area contributed by atoms with Crippen molar-refractivity contribution in [1.29, 1.82) is 0 Å². The fourth-order valence-corrected chi connectivity index (χ4v) is 2.63. The van der Waals surface area contributed by atoms with E-state index >= 15 is 0 Å². The minimum absolute atomic E-state index is 0.0852. The molecule has 0 aliphatic carbocycles. The van der Waals surface area contributed by atoms with E-state index < -0.39 is 0 Å². The highest BCUT2D eigenvalue weighted by molar-refractivity contribution is 6.05. The van der Waals surface area contributed by atoms with E-state index in [4.69, 9.17) is 0 Å². The fraction of sp³-hybridized carbons (Fsp3) is 0.333. The van der Waals surface area contributed by atoms with Crippen LogP contribution >= 0.6 is 0 Å². The van der Waals surface area contributed by atoms with Crippen molar-refractivity contribution < 1.29 is 4.79 Å². The molecular weight excluding hydrogens is 238 g/mol. The van der Waals surface area contributed by atoms with Crippen molar-refractivity contribution >= 4 is 16.8 Å². The van der Waals surface area contributed by atoms with Gasteiger partial charge in [-0.3, -0.25) is 9.78 Å². The van der Waals surface area contributed by atoms with E-state index in [0.29, 0.717) is 11.6 Å². The monoisotopic (exact) mass is 255 g/mol. The number of nitrogens with one attached hydrogen (secondary N) is 1. The predicted octanol–water partition coefficient (Wildman–Crippen LogP) is 1.67. The van der Waals surface area contributed by atoms with Crippen molar-refractivity contribution in [1.82, 2.24) is 15.2 Å². The minimum atomic E-state index is 0.0852. The molecule has 1 aliphatic heterocycles. The van der Waals surface area contributed by atoms with E-state index in [0.717, 1.165) is 30.4 Å². The molecule has 3 rings (SSSR count). The second-order valence-corrected chi connectivity index (χ2v) is 4.91. The first kappa shape index (κ1) is 12.1. The SMILES string of the molecule is CNC1CCN(C(=O)c2cccc3cccnc23)C1. The number of hydrogen-bond donors (Lipinski definition) is 1. The third-order valence-corrected chi connectivity index (χ3v) is 3.75. The Morgan fingerprint density at radius 1 is 1.37 bits per heavy atom. The number of nitrogens with zero attached hydrogens (tertiary/aromatic N) is 2. The van der Waals surface area contributed by atoms with E-state index in [2.05, 4.69) is 10.3 Å². The molecule has 1 unspecified atom stereocenters. The third kappa shape index (κ3) is 2.19. The van der Waals surface area contributed by atoms with Crippen LogP contribution in [0.1, 0.15) is 16.8 Å². The number of benzene rings is 1. The van der Waals surface area contributed by atoms with Gasteiger partial charge in [0.05, 0.1) is 11.1 Å². The van der Waals surface area contributed by atoms with Crippen molar-refractivity contribution in [2.24, 2.45) is 0 Å². The lowest BCUT2D eigenvalue weighted by Crippen LogP contribution is -2.33. The van der Waals surface area contributed by atoms with E-state index in [9.17, 15) is 4.79 Å². The number of para-hydroxylation sites is 1. The molecule has 4 nitrogen and oxygen atoms in total. The van der Waals surface area contributed by atoms with Crippen molar-refractivity contribution in [3.63, 3.8) is 0 Å². The molecule has 1 aromatic carbocycles. The summed E-state index contributed by atoms with van der Waals surface area (Å²) >= 11 is 0. The summed E-state index contributed by atoms with van der Waals surface area (Å²) in [5.74, 6) is 0.0852. The highest BCUT2D eigenvalue weighted by Crippen LogP contribution is 2.20. The van der Waals surface area contributed by atoms with Crippen molar-refractivity contribution in [2.75, 3.05) is 20.1 Å². The van der Waals surface area contributed by atoms with Gasteiger partial charge in [0.2, 0.25) is 0 Å². The average molecular weight is 255 g/mol. The van der Waals surface area contributed by atoms with Crippen LogP contribution in [0, 0.1) is 0 Å². The van der Waals surface area contributed by atoms with Gasteiger partial charge >= 0.3 is 0 Å². The summed E-state index contributed by atoms with van der Waals surface area (Å²) in [6.45, 7) is 1.59.